The number of hydrogen-bond donors (Lipinski definition) is 0. The zero-order valence-electron chi connectivity index (χ0n) is 13.8. The number of methoxy groups -OCH3 is 1. The molecule has 134 valence electrons. The van der Waals surface area contributed by atoms with Gasteiger partial charge in [0, 0.05) is 19.6 Å². The maximum absolute atomic E-state index is 12.9. The Balaban J connectivity index is 1.83. The van der Waals surface area contributed by atoms with Crippen molar-refractivity contribution in [3.05, 3.63) is 0 Å². The molecular formula is C15H23F2N5O2. The molecule has 1 atom stereocenters. The first kappa shape index (κ1) is 17.1. The zero-order valence-corrected chi connectivity index (χ0v) is 13.8. The first-order valence-corrected chi connectivity index (χ1v) is 8.37. The first-order valence-electron chi connectivity index (χ1n) is 8.37. The van der Waals surface area contributed by atoms with E-state index in [4.69, 9.17) is 9.47 Å². The highest BCUT2D eigenvalue weighted by Crippen LogP contribution is 2.23. The van der Waals surface area contributed by atoms with Crippen molar-refractivity contribution in [2.24, 2.45) is 0 Å². The van der Waals surface area contributed by atoms with Gasteiger partial charge in [-0.15, -0.1) is 0 Å². The van der Waals surface area contributed by atoms with Crippen molar-refractivity contribution < 1.29 is 18.3 Å². The van der Waals surface area contributed by atoms with E-state index in [-0.39, 0.29) is 19.2 Å². The average molecular weight is 343 g/mol. The number of rotatable bonds is 4. The van der Waals surface area contributed by atoms with Gasteiger partial charge in [0.15, 0.2) is 0 Å². The smallest absolute Gasteiger partial charge is 0.322 e. The summed E-state index contributed by atoms with van der Waals surface area (Å²) >= 11 is 0. The van der Waals surface area contributed by atoms with Crippen LogP contribution in [0.3, 0.4) is 0 Å². The van der Waals surface area contributed by atoms with Gasteiger partial charge in [0.1, 0.15) is 6.10 Å². The SMILES string of the molecule is COc1nc(N2CCCCCC2)nc(N2CCO[C@@H](C(F)F)C2)n1. The topological polar surface area (TPSA) is 63.6 Å². The molecule has 2 saturated heterocycles. The summed E-state index contributed by atoms with van der Waals surface area (Å²) in [5.74, 6) is 0.925. The molecule has 3 rings (SSSR count). The van der Waals surface area contributed by atoms with Gasteiger partial charge in [0.2, 0.25) is 11.9 Å². The quantitative estimate of drug-likeness (QED) is 0.825. The van der Waals surface area contributed by atoms with Crippen LogP contribution in [0.15, 0.2) is 0 Å². The molecule has 0 saturated carbocycles. The van der Waals surface area contributed by atoms with E-state index < -0.39 is 12.5 Å². The number of morpholine rings is 1. The summed E-state index contributed by atoms with van der Waals surface area (Å²) in [5.41, 5.74) is 0. The van der Waals surface area contributed by atoms with Gasteiger partial charge in [-0.05, 0) is 12.8 Å². The van der Waals surface area contributed by atoms with Gasteiger partial charge in [-0.2, -0.15) is 15.0 Å². The maximum atomic E-state index is 12.9. The van der Waals surface area contributed by atoms with Crippen LogP contribution >= 0.6 is 0 Å². The van der Waals surface area contributed by atoms with E-state index in [9.17, 15) is 8.78 Å². The summed E-state index contributed by atoms with van der Waals surface area (Å²) in [5, 5.41) is 0. The van der Waals surface area contributed by atoms with Gasteiger partial charge in [0.05, 0.1) is 20.3 Å². The molecule has 0 unspecified atom stereocenters. The summed E-state index contributed by atoms with van der Waals surface area (Å²) < 4.78 is 36.2. The third-order valence-electron chi connectivity index (χ3n) is 4.32. The predicted molar refractivity (Wildman–Crippen MR) is 85.0 cm³/mol. The Bertz CT molecular complexity index is 541. The van der Waals surface area contributed by atoms with Crippen LogP contribution in [-0.2, 0) is 4.74 Å². The monoisotopic (exact) mass is 343 g/mol. The summed E-state index contributed by atoms with van der Waals surface area (Å²) in [4.78, 5) is 16.9. The van der Waals surface area contributed by atoms with E-state index in [0.29, 0.717) is 18.4 Å². The Morgan fingerprint density at radius 1 is 1.00 bits per heavy atom. The largest absolute Gasteiger partial charge is 0.467 e. The van der Waals surface area contributed by atoms with Crippen LogP contribution in [0.2, 0.25) is 0 Å². The minimum absolute atomic E-state index is 0.0598. The molecule has 2 fully saturated rings. The first-order chi connectivity index (χ1) is 11.7. The van der Waals surface area contributed by atoms with Crippen molar-refractivity contribution in [2.75, 3.05) is 49.7 Å². The number of alkyl halides is 2. The number of ether oxygens (including phenoxy) is 2. The van der Waals surface area contributed by atoms with Crippen LogP contribution in [0.1, 0.15) is 25.7 Å². The van der Waals surface area contributed by atoms with Crippen molar-refractivity contribution in [1.29, 1.82) is 0 Å². The van der Waals surface area contributed by atoms with Gasteiger partial charge in [-0.1, -0.05) is 12.8 Å². The Morgan fingerprint density at radius 2 is 1.67 bits per heavy atom. The van der Waals surface area contributed by atoms with Crippen LogP contribution in [0, 0.1) is 0 Å². The molecule has 0 aliphatic carbocycles. The Kier molecular flexibility index (Phi) is 5.60. The van der Waals surface area contributed by atoms with E-state index in [1.807, 2.05) is 0 Å². The Morgan fingerprint density at radius 3 is 2.29 bits per heavy atom. The minimum Gasteiger partial charge on any atom is -0.467 e. The Labute approximate surface area is 140 Å². The molecule has 9 heteroatoms. The van der Waals surface area contributed by atoms with E-state index in [0.717, 1.165) is 25.9 Å². The summed E-state index contributed by atoms with van der Waals surface area (Å²) in [7, 11) is 1.49. The molecule has 0 bridgehead atoms. The Hall–Kier alpha value is -1.77. The molecule has 3 heterocycles. The number of aromatic nitrogens is 3. The molecule has 2 aliphatic rings. The molecule has 1 aromatic rings. The lowest BCUT2D eigenvalue weighted by atomic mass is 10.2. The van der Waals surface area contributed by atoms with Gasteiger partial charge < -0.3 is 19.3 Å². The highest BCUT2D eigenvalue weighted by molar-refractivity contribution is 5.41. The minimum atomic E-state index is -2.53. The molecule has 24 heavy (non-hydrogen) atoms. The molecule has 0 spiro atoms. The van der Waals surface area contributed by atoms with Gasteiger partial charge in [-0.3, -0.25) is 0 Å². The predicted octanol–water partition coefficient (Wildman–Crippen LogP) is 1.73. The van der Waals surface area contributed by atoms with Crippen LogP contribution in [0.4, 0.5) is 20.7 Å². The molecule has 0 N–H and O–H groups in total. The summed E-state index contributed by atoms with van der Waals surface area (Å²) in [6.07, 6.45) is 0.934. The maximum Gasteiger partial charge on any atom is 0.322 e. The molecule has 7 nitrogen and oxygen atoms in total. The van der Waals surface area contributed by atoms with Crippen LogP contribution in [0.25, 0.3) is 0 Å². The fourth-order valence-corrected chi connectivity index (χ4v) is 2.99. The average Bonchev–Trinajstić information content (AvgIpc) is 2.91. The van der Waals surface area contributed by atoms with Crippen LogP contribution in [0.5, 0.6) is 6.01 Å². The zero-order chi connectivity index (χ0) is 16.9. The number of hydrogen-bond acceptors (Lipinski definition) is 7. The molecule has 0 radical (unpaired) electrons. The van der Waals surface area contributed by atoms with Gasteiger partial charge in [-0.25, -0.2) is 8.78 Å². The molecule has 1 aromatic heterocycles. The van der Waals surface area contributed by atoms with Crippen molar-refractivity contribution in [3.63, 3.8) is 0 Å². The van der Waals surface area contributed by atoms with Crippen molar-refractivity contribution in [3.8, 4) is 6.01 Å². The molecule has 0 amide bonds. The molecule has 2 aliphatic heterocycles. The normalized spacial score (nSPS) is 22.6. The lowest BCUT2D eigenvalue weighted by Gasteiger charge is -2.33. The van der Waals surface area contributed by atoms with Crippen LogP contribution in [-0.4, -0.2) is 67.4 Å². The number of anilines is 2. The summed E-state index contributed by atoms with van der Waals surface area (Å²) in [6.45, 7) is 2.52. The second-order valence-electron chi connectivity index (χ2n) is 6.01. The van der Waals surface area contributed by atoms with Crippen molar-refractivity contribution >= 4 is 11.9 Å². The second kappa shape index (κ2) is 7.87. The lowest BCUT2D eigenvalue weighted by Crippen LogP contribution is -2.46. The molecule has 0 aromatic carbocycles. The third kappa shape index (κ3) is 4.00. The van der Waals surface area contributed by atoms with Crippen molar-refractivity contribution in [1.82, 2.24) is 15.0 Å². The van der Waals surface area contributed by atoms with Crippen molar-refractivity contribution in [2.45, 2.75) is 38.2 Å². The van der Waals surface area contributed by atoms with E-state index >= 15 is 0 Å². The highest BCUT2D eigenvalue weighted by Gasteiger charge is 2.30. The number of nitrogens with zero attached hydrogens (tertiary/aromatic N) is 5. The van der Waals surface area contributed by atoms with Crippen LogP contribution < -0.4 is 14.5 Å². The fourth-order valence-electron chi connectivity index (χ4n) is 2.99. The fraction of sp³-hybridized carbons (Fsp3) is 0.800. The van der Waals surface area contributed by atoms with E-state index in [1.54, 1.807) is 4.90 Å². The van der Waals surface area contributed by atoms with E-state index in [2.05, 4.69) is 19.9 Å². The second-order valence-corrected chi connectivity index (χ2v) is 6.01. The van der Waals surface area contributed by atoms with Gasteiger partial charge >= 0.3 is 6.01 Å². The lowest BCUT2D eigenvalue weighted by molar-refractivity contribution is -0.0617. The van der Waals surface area contributed by atoms with E-state index in [1.165, 1.54) is 20.0 Å². The highest BCUT2D eigenvalue weighted by atomic mass is 19.3. The standard InChI is InChI=1S/C15H23F2N5O2/c1-23-15-19-13(21-6-4-2-3-5-7-21)18-14(20-15)22-8-9-24-11(10-22)12(16)17/h11-12H,2-10H2,1H3/t11-/m1/s1. The van der Waals surface area contributed by atoms with Gasteiger partial charge in [0.25, 0.3) is 6.43 Å². The molecular weight excluding hydrogens is 320 g/mol. The third-order valence-corrected chi connectivity index (χ3v) is 4.32. The summed E-state index contributed by atoms with van der Waals surface area (Å²) in [6, 6.07) is 0.208. The number of halogens is 2.